The van der Waals surface area contributed by atoms with Crippen molar-refractivity contribution in [2.75, 3.05) is 46.9 Å². The molecule has 1 aliphatic heterocycles. The summed E-state index contributed by atoms with van der Waals surface area (Å²) in [5.41, 5.74) is 0.991. The monoisotopic (exact) mass is 314 g/mol. The summed E-state index contributed by atoms with van der Waals surface area (Å²) in [4.78, 5) is 4.77. The topological polar surface area (TPSA) is 24.9 Å². The fraction of sp³-hybridized carbons (Fsp3) is 0.625. The van der Waals surface area contributed by atoms with Gasteiger partial charge in [0.2, 0.25) is 0 Å². The van der Waals surface area contributed by atoms with Crippen LogP contribution in [-0.2, 0) is 6.42 Å². The summed E-state index contributed by atoms with van der Waals surface area (Å²) in [5.74, 6) is 0.442. The number of rotatable bonds is 7. The molecular formula is C16H24F2N2O2. The molecule has 4 nitrogen and oxygen atoms in total. The van der Waals surface area contributed by atoms with Crippen molar-refractivity contribution in [3.63, 3.8) is 0 Å². The molecule has 124 valence electrons. The Hall–Kier alpha value is -1.40. The average Bonchev–Trinajstić information content (AvgIpc) is 2.49. The molecule has 1 heterocycles. The Morgan fingerprint density at radius 3 is 2.50 bits per heavy atom. The van der Waals surface area contributed by atoms with Gasteiger partial charge in [-0.1, -0.05) is 6.07 Å². The van der Waals surface area contributed by atoms with Crippen LogP contribution < -0.4 is 9.47 Å². The van der Waals surface area contributed by atoms with Crippen LogP contribution in [0, 0.1) is 0 Å². The number of halogens is 2. The van der Waals surface area contributed by atoms with E-state index in [0.717, 1.165) is 51.1 Å². The molecule has 0 spiro atoms. The third-order valence-electron chi connectivity index (χ3n) is 3.98. The molecule has 0 atom stereocenters. The summed E-state index contributed by atoms with van der Waals surface area (Å²) >= 11 is 0. The summed E-state index contributed by atoms with van der Waals surface area (Å²) in [5, 5.41) is 0. The van der Waals surface area contributed by atoms with Gasteiger partial charge in [0.25, 0.3) is 0 Å². The Morgan fingerprint density at radius 2 is 1.86 bits per heavy atom. The fourth-order valence-corrected chi connectivity index (χ4v) is 2.64. The third-order valence-corrected chi connectivity index (χ3v) is 3.98. The molecule has 0 aromatic heterocycles. The number of piperazine rings is 1. The molecule has 1 aromatic rings. The summed E-state index contributed by atoms with van der Waals surface area (Å²) in [6, 6.07) is 5.24. The van der Waals surface area contributed by atoms with Gasteiger partial charge in [0.15, 0.2) is 11.5 Å². The van der Waals surface area contributed by atoms with Crippen molar-refractivity contribution in [3.8, 4) is 11.5 Å². The van der Waals surface area contributed by atoms with Gasteiger partial charge in [0.05, 0.1) is 7.11 Å². The molecular weight excluding hydrogens is 290 g/mol. The first kappa shape index (κ1) is 17.0. The minimum Gasteiger partial charge on any atom is -0.493 e. The molecule has 0 amide bonds. The molecule has 0 unspecified atom stereocenters. The van der Waals surface area contributed by atoms with E-state index >= 15 is 0 Å². The standard InChI is InChI=1S/C16H24F2N2O2/c1-19-8-10-20(11-9-19)7-3-4-13-5-6-14(21-2)15(12-13)22-16(17)18/h5-6,12,16H,3-4,7-11H2,1-2H3. The number of methoxy groups -OCH3 is 1. The van der Waals surface area contributed by atoms with E-state index in [1.54, 1.807) is 12.1 Å². The number of aryl methyl sites for hydroxylation is 1. The zero-order valence-corrected chi connectivity index (χ0v) is 13.2. The van der Waals surface area contributed by atoms with Gasteiger partial charge >= 0.3 is 6.61 Å². The van der Waals surface area contributed by atoms with Crippen LogP contribution in [0.3, 0.4) is 0 Å². The predicted molar refractivity (Wildman–Crippen MR) is 81.9 cm³/mol. The molecule has 0 radical (unpaired) electrons. The van der Waals surface area contributed by atoms with Crippen LogP contribution in [0.5, 0.6) is 11.5 Å². The van der Waals surface area contributed by atoms with E-state index in [1.807, 2.05) is 6.07 Å². The van der Waals surface area contributed by atoms with Gasteiger partial charge in [-0.2, -0.15) is 8.78 Å². The smallest absolute Gasteiger partial charge is 0.387 e. The predicted octanol–water partition coefficient (Wildman–Crippen LogP) is 2.48. The molecule has 6 heteroatoms. The van der Waals surface area contributed by atoms with Crippen molar-refractivity contribution in [3.05, 3.63) is 23.8 Å². The van der Waals surface area contributed by atoms with Crippen LogP contribution in [0.1, 0.15) is 12.0 Å². The number of hydrogen-bond donors (Lipinski definition) is 0. The van der Waals surface area contributed by atoms with E-state index in [4.69, 9.17) is 4.74 Å². The molecule has 1 fully saturated rings. The van der Waals surface area contributed by atoms with Crippen LogP contribution in [-0.4, -0.2) is 63.3 Å². The lowest BCUT2D eigenvalue weighted by molar-refractivity contribution is -0.0512. The maximum atomic E-state index is 12.4. The Labute approximate surface area is 130 Å². The van der Waals surface area contributed by atoms with Crippen LogP contribution in [0.2, 0.25) is 0 Å². The van der Waals surface area contributed by atoms with Crippen LogP contribution in [0.4, 0.5) is 8.78 Å². The highest BCUT2D eigenvalue weighted by atomic mass is 19.3. The number of alkyl halides is 2. The highest BCUT2D eigenvalue weighted by Gasteiger charge is 2.14. The van der Waals surface area contributed by atoms with Gasteiger partial charge in [-0.05, 0) is 44.1 Å². The van der Waals surface area contributed by atoms with E-state index in [9.17, 15) is 8.78 Å². The van der Waals surface area contributed by atoms with Gasteiger partial charge in [0.1, 0.15) is 0 Å². The first-order chi connectivity index (χ1) is 10.6. The molecule has 1 saturated heterocycles. The van der Waals surface area contributed by atoms with Crippen LogP contribution in [0.25, 0.3) is 0 Å². The highest BCUT2D eigenvalue weighted by Crippen LogP contribution is 2.29. The van der Waals surface area contributed by atoms with E-state index in [2.05, 4.69) is 21.6 Å². The van der Waals surface area contributed by atoms with Crippen molar-refractivity contribution in [1.82, 2.24) is 9.80 Å². The minimum absolute atomic E-state index is 0.106. The third kappa shape index (κ3) is 5.10. The quantitative estimate of drug-likeness (QED) is 0.772. The lowest BCUT2D eigenvalue weighted by Gasteiger charge is -2.32. The second-order valence-corrected chi connectivity index (χ2v) is 5.61. The van der Waals surface area contributed by atoms with Gasteiger partial charge < -0.3 is 19.3 Å². The second kappa shape index (κ2) is 8.29. The lowest BCUT2D eigenvalue weighted by Crippen LogP contribution is -2.44. The van der Waals surface area contributed by atoms with Gasteiger partial charge in [-0.3, -0.25) is 0 Å². The summed E-state index contributed by atoms with van der Waals surface area (Å²) in [7, 11) is 3.58. The van der Waals surface area contributed by atoms with E-state index < -0.39 is 6.61 Å². The zero-order chi connectivity index (χ0) is 15.9. The molecule has 0 N–H and O–H groups in total. The zero-order valence-electron chi connectivity index (χ0n) is 13.2. The van der Waals surface area contributed by atoms with Gasteiger partial charge in [-0.15, -0.1) is 0 Å². The van der Waals surface area contributed by atoms with Crippen molar-refractivity contribution in [2.45, 2.75) is 19.5 Å². The van der Waals surface area contributed by atoms with Gasteiger partial charge in [0, 0.05) is 26.2 Å². The van der Waals surface area contributed by atoms with E-state index in [1.165, 1.54) is 7.11 Å². The summed E-state index contributed by atoms with van der Waals surface area (Å²) in [6.45, 7) is 2.60. The van der Waals surface area contributed by atoms with Crippen molar-refractivity contribution < 1.29 is 18.3 Å². The highest BCUT2D eigenvalue weighted by molar-refractivity contribution is 5.43. The van der Waals surface area contributed by atoms with Crippen LogP contribution >= 0.6 is 0 Å². The number of likely N-dealkylation sites (N-methyl/N-ethyl adjacent to an activating group) is 1. The Morgan fingerprint density at radius 1 is 1.14 bits per heavy atom. The SMILES string of the molecule is COc1ccc(CCCN2CCN(C)CC2)cc1OC(F)F. The fourth-order valence-electron chi connectivity index (χ4n) is 2.64. The summed E-state index contributed by atoms with van der Waals surface area (Å²) in [6.07, 6.45) is 1.85. The molecule has 0 bridgehead atoms. The van der Waals surface area contributed by atoms with Crippen LogP contribution in [0.15, 0.2) is 18.2 Å². The molecule has 1 aromatic carbocycles. The number of benzene rings is 1. The first-order valence-corrected chi connectivity index (χ1v) is 7.61. The molecule has 0 saturated carbocycles. The Bertz CT molecular complexity index is 463. The minimum atomic E-state index is -2.84. The average molecular weight is 314 g/mol. The normalized spacial score (nSPS) is 17.0. The molecule has 22 heavy (non-hydrogen) atoms. The van der Waals surface area contributed by atoms with Crippen molar-refractivity contribution in [2.24, 2.45) is 0 Å². The molecule has 0 aliphatic carbocycles. The largest absolute Gasteiger partial charge is 0.493 e. The molecule has 1 aliphatic rings. The maximum absolute atomic E-state index is 12.4. The van der Waals surface area contributed by atoms with E-state index in [-0.39, 0.29) is 5.75 Å². The lowest BCUT2D eigenvalue weighted by atomic mass is 10.1. The number of nitrogens with zero attached hydrogens (tertiary/aromatic N) is 2. The number of hydrogen-bond acceptors (Lipinski definition) is 4. The Kier molecular flexibility index (Phi) is 6.39. The maximum Gasteiger partial charge on any atom is 0.387 e. The van der Waals surface area contributed by atoms with Gasteiger partial charge in [-0.25, -0.2) is 0 Å². The first-order valence-electron chi connectivity index (χ1n) is 7.61. The van der Waals surface area contributed by atoms with Crippen molar-refractivity contribution >= 4 is 0 Å². The van der Waals surface area contributed by atoms with Crippen molar-refractivity contribution in [1.29, 1.82) is 0 Å². The number of ether oxygens (including phenoxy) is 2. The second-order valence-electron chi connectivity index (χ2n) is 5.61. The summed E-state index contributed by atoms with van der Waals surface area (Å²) < 4.78 is 34.4. The Balaban J connectivity index is 1.84. The van der Waals surface area contributed by atoms with E-state index in [0.29, 0.717) is 5.75 Å². The molecule has 2 rings (SSSR count).